The predicted octanol–water partition coefficient (Wildman–Crippen LogP) is 1.36. The van der Waals surface area contributed by atoms with Crippen LogP contribution in [-0.2, 0) is 14.8 Å². The Bertz CT molecular complexity index is 672. The van der Waals surface area contributed by atoms with Gasteiger partial charge in [-0.2, -0.15) is 0 Å². The van der Waals surface area contributed by atoms with Crippen LogP contribution in [0.25, 0.3) is 0 Å². The Labute approximate surface area is 149 Å². The third-order valence-electron chi connectivity index (χ3n) is 3.43. The van der Waals surface area contributed by atoms with Gasteiger partial charge in [-0.15, -0.1) is 0 Å². The number of sulfonamides is 1. The minimum Gasteiger partial charge on any atom is -0.355 e. The lowest BCUT2D eigenvalue weighted by molar-refractivity contribution is -0.121. The number of nitrogens with one attached hydrogen (secondary N) is 2. The summed E-state index contributed by atoms with van der Waals surface area (Å²) in [6.07, 6.45) is 1.55. The minimum absolute atomic E-state index is 0.00981. The second-order valence-corrected chi connectivity index (χ2v) is 7.37. The highest BCUT2D eigenvalue weighted by atomic mass is 32.2. The summed E-state index contributed by atoms with van der Waals surface area (Å²) < 4.78 is 26.3. The van der Waals surface area contributed by atoms with Crippen molar-refractivity contribution < 1.29 is 18.0 Å². The lowest BCUT2D eigenvalue weighted by atomic mass is 10.2. The molecule has 0 bridgehead atoms. The molecule has 0 radical (unpaired) electrons. The molecule has 0 unspecified atom stereocenters. The van der Waals surface area contributed by atoms with Crippen molar-refractivity contribution in [2.45, 2.75) is 38.5 Å². The molecule has 0 aliphatic heterocycles. The molecule has 0 aliphatic carbocycles. The number of rotatable bonds is 10. The molecule has 0 fully saturated rings. The van der Waals surface area contributed by atoms with Crippen molar-refractivity contribution in [1.82, 2.24) is 14.9 Å². The summed E-state index contributed by atoms with van der Waals surface area (Å²) in [6.45, 7) is 6.89. The van der Waals surface area contributed by atoms with Gasteiger partial charge >= 0.3 is 0 Å². The first-order valence-electron chi connectivity index (χ1n) is 8.51. The van der Waals surface area contributed by atoms with Crippen LogP contribution in [0.5, 0.6) is 0 Å². The van der Waals surface area contributed by atoms with Gasteiger partial charge in [0.1, 0.15) is 0 Å². The molecular formula is C17H27N3O4S. The minimum atomic E-state index is -3.55. The van der Waals surface area contributed by atoms with E-state index in [1.165, 1.54) is 29.2 Å². The fourth-order valence-corrected chi connectivity index (χ4v) is 3.29. The summed E-state index contributed by atoms with van der Waals surface area (Å²) in [6, 6.07) is 5.73. The Morgan fingerprint density at radius 2 is 1.68 bits per heavy atom. The molecule has 1 rings (SSSR count). The average Bonchev–Trinajstić information content (AvgIpc) is 2.59. The summed E-state index contributed by atoms with van der Waals surface area (Å²) in [7, 11) is -3.55. The first kappa shape index (κ1) is 21.1. The molecule has 0 spiro atoms. The fraction of sp³-hybridized carbons (Fsp3) is 0.529. The SMILES string of the molecule is CCCNC(=O)CN(CCC)C(=O)c1ccc(S(=O)(=O)NCC)cc1. The van der Waals surface area contributed by atoms with Crippen LogP contribution in [0.2, 0.25) is 0 Å². The number of hydrogen-bond acceptors (Lipinski definition) is 4. The van der Waals surface area contributed by atoms with Gasteiger partial charge in [-0.1, -0.05) is 20.8 Å². The van der Waals surface area contributed by atoms with Gasteiger partial charge < -0.3 is 10.2 Å². The van der Waals surface area contributed by atoms with Crippen LogP contribution >= 0.6 is 0 Å². The van der Waals surface area contributed by atoms with Crippen LogP contribution in [0.4, 0.5) is 0 Å². The number of nitrogens with zero attached hydrogens (tertiary/aromatic N) is 1. The van der Waals surface area contributed by atoms with Crippen molar-refractivity contribution in [3.63, 3.8) is 0 Å². The molecular weight excluding hydrogens is 342 g/mol. The topological polar surface area (TPSA) is 95.6 Å². The van der Waals surface area contributed by atoms with E-state index in [0.717, 1.165) is 12.8 Å². The zero-order valence-corrected chi connectivity index (χ0v) is 15.9. The van der Waals surface area contributed by atoms with Crippen molar-refractivity contribution in [1.29, 1.82) is 0 Å². The summed E-state index contributed by atoms with van der Waals surface area (Å²) >= 11 is 0. The number of carbonyl (C=O) groups excluding carboxylic acids is 2. The summed E-state index contributed by atoms with van der Waals surface area (Å²) in [5.41, 5.74) is 0.354. The highest BCUT2D eigenvalue weighted by Gasteiger charge is 2.19. The Hall–Kier alpha value is -1.93. The van der Waals surface area contributed by atoms with Gasteiger partial charge in [0.2, 0.25) is 15.9 Å². The van der Waals surface area contributed by atoms with Crippen LogP contribution in [0.15, 0.2) is 29.2 Å². The normalized spacial score (nSPS) is 11.2. The third kappa shape index (κ3) is 6.47. The fourth-order valence-electron chi connectivity index (χ4n) is 2.25. The first-order chi connectivity index (χ1) is 11.9. The van der Waals surface area contributed by atoms with E-state index < -0.39 is 10.0 Å². The standard InChI is InChI=1S/C17H27N3O4S/c1-4-11-18-16(21)13-20(12-5-2)17(22)14-7-9-15(10-8-14)25(23,24)19-6-3/h7-10,19H,4-6,11-13H2,1-3H3,(H,18,21). The summed E-state index contributed by atoms with van der Waals surface area (Å²) in [5, 5.41) is 2.75. The van der Waals surface area contributed by atoms with E-state index in [1.54, 1.807) is 6.92 Å². The van der Waals surface area contributed by atoms with E-state index in [-0.39, 0.29) is 23.3 Å². The van der Waals surface area contributed by atoms with Gasteiger partial charge in [0.05, 0.1) is 11.4 Å². The molecule has 1 aromatic rings. The second kappa shape index (κ2) is 10.1. The van der Waals surface area contributed by atoms with Crippen LogP contribution < -0.4 is 10.0 Å². The van der Waals surface area contributed by atoms with Gasteiger partial charge in [-0.3, -0.25) is 9.59 Å². The molecule has 0 saturated carbocycles. The number of amides is 2. The molecule has 8 heteroatoms. The molecule has 7 nitrogen and oxygen atoms in total. The first-order valence-corrected chi connectivity index (χ1v) is 9.99. The van der Waals surface area contributed by atoms with Crippen molar-refractivity contribution in [2.24, 2.45) is 0 Å². The van der Waals surface area contributed by atoms with Crippen molar-refractivity contribution in [3.8, 4) is 0 Å². The number of benzene rings is 1. The van der Waals surface area contributed by atoms with E-state index in [0.29, 0.717) is 25.2 Å². The lowest BCUT2D eigenvalue weighted by Crippen LogP contribution is -2.41. The molecule has 25 heavy (non-hydrogen) atoms. The van der Waals surface area contributed by atoms with Crippen molar-refractivity contribution in [3.05, 3.63) is 29.8 Å². The van der Waals surface area contributed by atoms with Crippen LogP contribution in [-0.4, -0.2) is 51.3 Å². The van der Waals surface area contributed by atoms with Crippen molar-refractivity contribution in [2.75, 3.05) is 26.2 Å². The zero-order chi connectivity index (χ0) is 18.9. The van der Waals surface area contributed by atoms with E-state index in [1.807, 2.05) is 13.8 Å². The third-order valence-corrected chi connectivity index (χ3v) is 4.99. The summed E-state index contributed by atoms with van der Waals surface area (Å²) in [5.74, 6) is -0.490. The quantitative estimate of drug-likeness (QED) is 0.651. The van der Waals surface area contributed by atoms with Gasteiger partial charge in [0.25, 0.3) is 5.91 Å². The summed E-state index contributed by atoms with van der Waals surface area (Å²) in [4.78, 5) is 26.1. The Balaban J connectivity index is 2.89. The van der Waals surface area contributed by atoms with Crippen molar-refractivity contribution >= 4 is 21.8 Å². The number of carbonyl (C=O) groups is 2. The smallest absolute Gasteiger partial charge is 0.254 e. The molecule has 0 aromatic heterocycles. The monoisotopic (exact) mass is 369 g/mol. The van der Waals surface area contributed by atoms with Gasteiger partial charge in [0, 0.05) is 25.2 Å². The largest absolute Gasteiger partial charge is 0.355 e. The van der Waals surface area contributed by atoms with Crippen LogP contribution in [0, 0.1) is 0 Å². The predicted molar refractivity (Wildman–Crippen MR) is 96.8 cm³/mol. The van der Waals surface area contributed by atoms with E-state index in [2.05, 4.69) is 10.0 Å². The average molecular weight is 369 g/mol. The maximum Gasteiger partial charge on any atom is 0.254 e. The van der Waals surface area contributed by atoms with Gasteiger partial charge in [-0.25, -0.2) is 13.1 Å². The maximum absolute atomic E-state index is 12.6. The van der Waals surface area contributed by atoms with E-state index >= 15 is 0 Å². The van der Waals surface area contributed by atoms with E-state index in [9.17, 15) is 18.0 Å². The Kier molecular flexibility index (Phi) is 8.57. The Morgan fingerprint density at radius 3 is 2.20 bits per heavy atom. The van der Waals surface area contributed by atoms with Gasteiger partial charge in [-0.05, 0) is 37.1 Å². The molecule has 2 N–H and O–H groups in total. The highest BCUT2D eigenvalue weighted by Crippen LogP contribution is 2.12. The highest BCUT2D eigenvalue weighted by molar-refractivity contribution is 7.89. The second-order valence-electron chi connectivity index (χ2n) is 5.60. The Morgan fingerprint density at radius 1 is 1.04 bits per heavy atom. The van der Waals surface area contributed by atoms with Crippen LogP contribution in [0.3, 0.4) is 0 Å². The zero-order valence-electron chi connectivity index (χ0n) is 15.0. The lowest BCUT2D eigenvalue weighted by Gasteiger charge is -2.21. The maximum atomic E-state index is 12.6. The van der Waals surface area contributed by atoms with E-state index in [4.69, 9.17) is 0 Å². The molecule has 1 aromatic carbocycles. The van der Waals surface area contributed by atoms with Crippen LogP contribution in [0.1, 0.15) is 44.0 Å². The molecule has 0 heterocycles. The molecule has 0 aliphatic rings. The molecule has 140 valence electrons. The molecule has 2 amide bonds. The number of hydrogen-bond donors (Lipinski definition) is 2. The molecule has 0 saturated heterocycles. The van der Waals surface area contributed by atoms with Gasteiger partial charge in [0.15, 0.2) is 0 Å². The molecule has 0 atom stereocenters.